The molecule has 168 valence electrons. The van der Waals surface area contributed by atoms with Crippen LogP contribution in [0.15, 0.2) is 77.7 Å². The second-order valence-electron chi connectivity index (χ2n) is 8.10. The van der Waals surface area contributed by atoms with E-state index in [2.05, 4.69) is 0 Å². The second kappa shape index (κ2) is 9.28. The Morgan fingerprint density at radius 2 is 1.69 bits per heavy atom. The number of hydrogen-bond acceptors (Lipinski definition) is 4. The third kappa shape index (κ3) is 4.48. The lowest BCUT2D eigenvalue weighted by atomic mass is 10.0. The predicted molar refractivity (Wildman–Crippen MR) is 122 cm³/mol. The maximum Gasteiger partial charge on any atom is 0.337 e. The van der Waals surface area contributed by atoms with Crippen LogP contribution < -0.4 is 0 Å². The lowest BCUT2D eigenvalue weighted by Gasteiger charge is -2.39. The van der Waals surface area contributed by atoms with Crippen molar-refractivity contribution in [3.63, 3.8) is 0 Å². The number of rotatable bonds is 5. The zero-order valence-corrected chi connectivity index (χ0v) is 18.8. The first kappa shape index (κ1) is 22.3. The van der Waals surface area contributed by atoms with E-state index < -0.39 is 16.1 Å². The molecule has 2 amide bonds. The highest BCUT2D eigenvalue weighted by Crippen LogP contribution is 2.25. The number of hydrogen-bond donors (Lipinski definition) is 1. The van der Waals surface area contributed by atoms with E-state index in [9.17, 15) is 18.4 Å². The summed E-state index contributed by atoms with van der Waals surface area (Å²) in [5.74, 6) is 0. The highest BCUT2D eigenvalue weighted by atomic mass is 32.2. The first-order valence-corrected chi connectivity index (χ1v) is 12.2. The molecule has 0 saturated carbocycles. The summed E-state index contributed by atoms with van der Waals surface area (Å²) in [5, 5.41) is 13.5. The predicted octanol–water partition coefficient (Wildman–Crippen LogP) is 4.63. The van der Waals surface area contributed by atoms with E-state index in [0.717, 1.165) is 35.0 Å². The van der Waals surface area contributed by atoms with E-state index in [0.29, 0.717) is 12.1 Å². The van der Waals surface area contributed by atoms with Crippen LogP contribution in [0.25, 0.3) is 10.8 Å². The zero-order chi connectivity index (χ0) is 22.7. The fourth-order valence-corrected chi connectivity index (χ4v) is 5.13. The van der Waals surface area contributed by atoms with Crippen molar-refractivity contribution in [3.8, 4) is 0 Å². The van der Waals surface area contributed by atoms with Crippen LogP contribution in [0.5, 0.6) is 0 Å². The Balaban J connectivity index is 1.70. The number of benzene rings is 3. The molecular weight excluding hydrogens is 426 g/mol. The van der Waals surface area contributed by atoms with Crippen molar-refractivity contribution in [2.24, 2.45) is 0 Å². The number of hydrazine groups is 1. The van der Waals surface area contributed by atoms with Gasteiger partial charge in [-0.3, -0.25) is 5.21 Å². The van der Waals surface area contributed by atoms with Gasteiger partial charge in [0.2, 0.25) is 0 Å². The maximum atomic E-state index is 13.4. The molecule has 0 aromatic heterocycles. The van der Waals surface area contributed by atoms with E-state index in [-0.39, 0.29) is 22.1 Å². The molecule has 1 heterocycles. The third-order valence-corrected chi connectivity index (χ3v) is 7.36. The highest BCUT2D eigenvalue weighted by Gasteiger charge is 2.36. The van der Waals surface area contributed by atoms with Crippen molar-refractivity contribution in [2.45, 2.75) is 43.7 Å². The Labute approximate surface area is 188 Å². The standard InChI is InChI=1S/C24H27N3O4S/c1-19-9-7-8-16-25(19)24(28)26(18-20-10-3-2-4-11-20)27(29)32(30,31)23-15-14-21-12-5-6-13-22(21)17-23/h2-6,10-15,17,19,29H,7-9,16,18H2,1H3. The minimum absolute atomic E-state index is 0.0358. The molecule has 0 bridgehead atoms. The lowest BCUT2D eigenvalue weighted by molar-refractivity contribution is -0.149. The molecule has 0 spiro atoms. The second-order valence-corrected chi connectivity index (χ2v) is 9.85. The number of carbonyl (C=O) groups excluding carboxylic acids is 1. The van der Waals surface area contributed by atoms with Gasteiger partial charge in [0.05, 0.1) is 11.4 Å². The van der Waals surface area contributed by atoms with Crippen LogP contribution in [-0.2, 0) is 16.6 Å². The van der Waals surface area contributed by atoms with Gasteiger partial charge in [0, 0.05) is 17.2 Å². The molecule has 32 heavy (non-hydrogen) atoms. The monoisotopic (exact) mass is 453 g/mol. The summed E-state index contributed by atoms with van der Waals surface area (Å²) in [7, 11) is -4.38. The maximum absolute atomic E-state index is 13.4. The van der Waals surface area contributed by atoms with Crippen molar-refractivity contribution in [2.75, 3.05) is 6.54 Å². The van der Waals surface area contributed by atoms with Gasteiger partial charge < -0.3 is 4.90 Å². The van der Waals surface area contributed by atoms with Gasteiger partial charge in [-0.15, -0.1) is 0 Å². The van der Waals surface area contributed by atoms with Crippen molar-refractivity contribution < 1.29 is 18.4 Å². The van der Waals surface area contributed by atoms with E-state index in [4.69, 9.17) is 0 Å². The van der Waals surface area contributed by atoms with Gasteiger partial charge in [0.25, 0.3) is 10.0 Å². The topological polar surface area (TPSA) is 81.2 Å². The quantitative estimate of drug-likeness (QED) is 0.571. The number of amides is 2. The van der Waals surface area contributed by atoms with Crippen LogP contribution in [0.2, 0.25) is 0 Å². The van der Waals surface area contributed by atoms with Gasteiger partial charge in [-0.2, -0.15) is 0 Å². The SMILES string of the molecule is CC1CCCCN1C(=O)N(Cc1ccccc1)N(O)S(=O)(=O)c1ccc2ccccc2c1. The largest absolute Gasteiger partial charge is 0.337 e. The van der Waals surface area contributed by atoms with Gasteiger partial charge in [-0.1, -0.05) is 60.7 Å². The number of carbonyl (C=O) groups is 1. The van der Waals surface area contributed by atoms with Crippen molar-refractivity contribution in [1.82, 2.24) is 14.5 Å². The van der Waals surface area contributed by atoms with Gasteiger partial charge in [-0.25, -0.2) is 18.2 Å². The molecule has 1 aliphatic rings. The summed E-state index contributed by atoms with van der Waals surface area (Å²) in [6.45, 7) is 2.39. The number of nitrogens with zero attached hydrogens (tertiary/aromatic N) is 3. The molecule has 4 rings (SSSR count). The molecule has 3 aromatic rings. The van der Waals surface area contributed by atoms with Gasteiger partial charge >= 0.3 is 6.03 Å². The van der Waals surface area contributed by atoms with E-state index in [1.807, 2.05) is 31.2 Å². The van der Waals surface area contributed by atoms with E-state index in [1.54, 1.807) is 41.3 Å². The Kier molecular flexibility index (Phi) is 6.45. The molecule has 3 aromatic carbocycles. The molecule has 1 unspecified atom stereocenters. The van der Waals surface area contributed by atoms with Crippen LogP contribution in [-0.4, -0.2) is 46.7 Å². The summed E-state index contributed by atoms with van der Waals surface area (Å²) >= 11 is 0. The molecule has 1 atom stereocenters. The number of piperidine rings is 1. The van der Waals surface area contributed by atoms with Gasteiger partial charge in [0.15, 0.2) is 0 Å². The van der Waals surface area contributed by atoms with Crippen LogP contribution in [0.3, 0.4) is 0 Å². The fraction of sp³-hybridized carbons (Fsp3) is 0.292. The number of urea groups is 1. The van der Waals surface area contributed by atoms with Crippen molar-refractivity contribution in [3.05, 3.63) is 78.4 Å². The molecule has 1 N–H and O–H groups in total. The average molecular weight is 454 g/mol. The first-order valence-electron chi connectivity index (χ1n) is 10.7. The minimum atomic E-state index is -4.38. The summed E-state index contributed by atoms with van der Waals surface area (Å²) in [6, 6.07) is 20.5. The molecule has 1 fully saturated rings. The minimum Gasteiger partial charge on any atom is -0.321 e. The molecular formula is C24H27N3O4S. The van der Waals surface area contributed by atoms with Crippen LogP contribution >= 0.6 is 0 Å². The molecule has 1 aliphatic heterocycles. The number of likely N-dealkylation sites (tertiary alicyclic amines) is 1. The van der Waals surface area contributed by atoms with Crippen molar-refractivity contribution >= 4 is 26.8 Å². The molecule has 8 heteroatoms. The Hall–Kier alpha value is -2.94. The van der Waals surface area contributed by atoms with Gasteiger partial charge in [0.1, 0.15) is 0 Å². The van der Waals surface area contributed by atoms with Gasteiger partial charge in [-0.05, 0) is 54.7 Å². The number of sulfonamides is 1. The average Bonchev–Trinajstić information content (AvgIpc) is 2.82. The molecule has 0 aliphatic carbocycles. The third-order valence-electron chi connectivity index (χ3n) is 5.88. The molecule has 7 nitrogen and oxygen atoms in total. The van der Waals surface area contributed by atoms with E-state index >= 15 is 0 Å². The molecule has 1 saturated heterocycles. The zero-order valence-electron chi connectivity index (χ0n) is 18.0. The van der Waals surface area contributed by atoms with Crippen LogP contribution in [0, 0.1) is 0 Å². The Morgan fingerprint density at radius 1 is 1.00 bits per heavy atom. The van der Waals surface area contributed by atoms with Crippen molar-refractivity contribution in [1.29, 1.82) is 0 Å². The summed E-state index contributed by atoms with van der Waals surface area (Å²) in [4.78, 5) is 15.0. The fourth-order valence-electron chi connectivity index (χ4n) is 4.04. The van der Waals surface area contributed by atoms with Crippen LogP contribution in [0.4, 0.5) is 4.79 Å². The highest BCUT2D eigenvalue weighted by molar-refractivity contribution is 7.89. The smallest absolute Gasteiger partial charge is 0.321 e. The summed E-state index contributed by atoms with van der Waals surface area (Å²) in [6.07, 6.45) is 2.70. The lowest BCUT2D eigenvalue weighted by Crippen LogP contribution is -2.55. The van der Waals surface area contributed by atoms with E-state index in [1.165, 1.54) is 12.1 Å². The summed E-state index contributed by atoms with van der Waals surface area (Å²) < 4.78 is 26.8. The van der Waals surface area contributed by atoms with Crippen LogP contribution in [0.1, 0.15) is 31.7 Å². The first-order chi connectivity index (χ1) is 15.4. The summed E-state index contributed by atoms with van der Waals surface area (Å²) in [5.41, 5.74) is 0.707. The Morgan fingerprint density at radius 3 is 2.41 bits per heavy atom. The number of fused-ring (bicyclic) bond motifs is 1. The molecule has 0 radical (unpaired) electrons. The Bertz CT molecular complexity index is 1200. The normalized spacial score (nSPS) is 17.0.